The molecule has 4 nitrogen and oxygen atoms in total. The Morgan fingerprint density at radius 1 is 1.36 bits per heavy atom. The third kappa shape index (κ3) is 3.55. The van der Waals surface area contributed by atoms with Gasteiger partial charge in [-0.05, 0) is 49.4 Å². The predicted octanol–water partition coefficient (Wildman–Crippen LogP) is 3.02. The maximum absolute atomic E-state index is 12.5. The number of benzene rings is 1. The van der Waals surface area contributed by atoms with Crippen molar-refractivity contribution in [2.45, 2.75) is 31.2 Å². The quantitative estimate of drug-likeness (QED) is 0.663. The third-order valence-corrected chi connectivity index (χ3v) is 4.87. The van der Waals surface area contributed by atoms with Gasteiger partial charge in [0.2, 0.25) is 0 Å². The largest absolute Gasteiger partial charge is 0.534 e. The van der Waals surface area contributed by atoms with Crippen molar-refractivity contribution in [1.29, 1.82) is 0 Å². The number of para-hydroxylation sites is 1. The van der Waals surface area contributed by atoms with Crippen LogP contribution in [-0.4, -0.2) is 27.0 Å². The second kappa shape index (κ2) is 6.45. The smallest absolute Gasteiger partial charge is 0.376 e. The molecule has 0 aromatic heterocycles. The highest BCUT2D eigenvalue weighted by molar-refractivity contribution is 7.88. The molecule has 0 aliphatic carbocycles. The summed E-state index contributed by atoms with van der Waals surface area (Å²) in [4.78, 5) is 0. The van der Waals surface area contributed by atoms with E-state index in [9.17, 15) is 21.6 Å². The molecule has 1 aromatic rings. The first-order valence-electron chi connectivity index (χ1n) is 7.06. The van der Waals surface area contributed by atoms with Crippen LogP contribution >= 0.6 is 0 Å². The van der Waals surface area contributed by atoms with Crippen LogP contribution in [0.15, 0.2) is 24.3 Å². The highest BCUT2D eigenvalue weighted by atomic mass is 32.2. The molecule has 0 spiro atoms. The highest BCUT2D eigenvalue weighted by Crippen LogP contribution is 2.38. The lowest BCUT2D eigenvalue weighted by Gasteiger charge is -2.24. The van der Waals surface area contributed by atoms with Crippen molar-refractivity contribution >= 4 is 10.1 Å². The van der Waals surface area contributed by atoms with Gasteiger partial charge in [0, 0.05) is 0 Å². The first-order valence-corrected chi connectivity index (χ1v) is 8.47. The Kier molecular flexibility index (Phi) is 5.01. The van der Waals surface area contributed by atoms with Gasteiger partial charge in [0.15, 0.2) is 0 Å². The molecule has 2 unspecified atom stereocenters. The van der Waals surface area contributed by atoms with E-state index < -0.39 is 15.6 Å². The summed E-state index contributed by atoms with van der Waals surface area (Å²) in [5.41, 5.74) is -4.93. The SMILES string of the molecule is CCC(c1ccccc1OS(=O)(=O)C(F)(F)F)C1CCNC1. The summed E-state index contributed by atoms with van der Waals surface area (Å²) >= 11 is 0. The van der Waals surface area contributed by atoms with E-state index in [1.54, 1.807) is 12.1 Å². The van der Waals surface area contributed by atoms with Crippen molar-refractivity contribution in [2.75, 3.05) is 13.1 Å². The Morgan fingerprint density at radius 3 is 2.59 bits per heavy atom. The summed E-state index contributed by atoms with van der Waals surface area (Å²) < 4.78 is 64.4. The van der Waals surface area contributed by atoms with Crippen LogP contribution in [-0.2, 0) is 10.1 Å². The maximum Gasteiger partial charge on any atom is 0.534 e. The molecule has 0 saturated carbocycles. The van der Waals surface area contributed by atoms with Crippen molar-refractivity contribution in [3.63, 3.8) is 0 Å². The molecule has 0 radical (unpaired) electrons. The van der Waals surface area contributed by atoms with Gasteiger partial charge in [0.05, 0.1) is 0 Å². The lowest BCUT2D eigenvalue weighted by molar-refractivity contribution is -0.0500. The van der Waals surface area contributed by atoms with E-state index in [0.717, 1.165) is 19.5 Å². The molecule has 1 aromatic carbocycles. The molecule has 8 heteroatoms. The van der Waals surface area contributed by atoms with Crippen molar-refractivity contribution in [2.24, 2.45) is 5.92 Å². The molecule has 2 rings (SSSR count). The zero-order valence-corrected chi connectivity index (χ0v) is 12.9. The van der Waals surface area contributed by atoms with Gasteiger partial charge in [0.1, 0.15) is 5.75 Å². The molecule has 1 aliphatic heterocycles. The molecule has 1 aliphatic rings. The van der Waals surface area contributed by atoms with Gasteiger partial charge in [0.25, 0.3) is 0 Å². The number of hydrogen-bond donors (Lipinski definition) is 1. The van der Waals surface area contributed by atoms with Crippen molar-refractivity contribution in [3.05, 3.63) is 29.8 Å². The summed E-state index contributed by atoms with van der Waals surface area (Å²) in [5, 5.41) is 3.21. The van der Waals surface area contributed by atoms with Gasteiger partial charge in [-0.2, -0.15) is 21.6 Å². The van der Waals surface area contributed by atoms with Gasteiger partial charge < -0.3 is 9.50 Å². The minimum Gasteiger partial charge on any atom is -0.376 e. The van der Waals surface area contributed by atoms with Crippen LogP contribution in [0.4, 0.5) is 13.2 Å². The normalized spacial score (nSPS) is 20.8. The zero-order chi connectivity index (χ0) is 16.4. The molecule has 0 bridgehead atoms. The number of alkyl halides is 3. The molecular weight excluding hydrogens is 319 g/mol. The van der Waals surface area contributed by atoms with Crippen molar-refractivity contribution in [3.8, 4) is 5.75 Å². The summed E-state index contributed by atoms with van der Waals surface area (Å²) in [6.45, 7) is 3.54. The molecule has 1 heterocycles. The van der Waals surface area contributed by atoms with Crippen LogP contribution in [0.5, 0.6) is 5.75 Å². The lowest BCUT2D eigenvalue weighted by Crippen LogP contribution is -2.28. The van der Waals surface area contributed by atoms with Gasteiger partial charge in [-0.15, -0.1) is 0 Å². The summed E-state index contributed by atoms with van der Waals surface area (Å²) in [7, 11) is -5.65. The molecule has 124 valence electrons. The second-order valence-electron chi connectivity index (χ2n) is 5.29. The fraction of sp³-hybridized carbons (Fsp3) is 0.571. The van der Waals surface area contributed by atoms with E-state index in [1.165, 1.54) is 12.1 Å². The van der Waals surface area contributed by atoms with Gasteiger partial charge in [-0.3, -0.25) is 0 Å². The minimum absolute atomic E-state index is 0.0466. The molecular formula is C14H18F3NO3S. The second-order valence-corrected chi connectivity index (χ2v) is 6.83. The number of hydrogen-bond acceptors (Lipinski definition) is 4. The van der Waals surface area contributed by atoms with Gasteiger partial charge in [-0.1, -0.05) is 25.1 Å². The molecule has 1 N–H and O–H groups in total. The molecule has 1 fully saturated rings. The first kappa shape index (κ1) is 17.1. The van der Waals surface area contributed by atoms with Gasteiger partial charge in [-0.25, -0.2) is 0 Å². The highest BCUT2D eigenvalue weighted by Gasteiger charge is 2.49. The average molecular weight is 337 g/mol. The fourth-order valence-corrected chi connectivity index (χ4v) is 3.34. The molecule has 0 amide bonds. The summed E-state index contributed by atoms with van der Waals surface area (Å²) in [6, 6.07) is 6.04. The molecule has 22 heavy (non-hydrogen) atoms. The topological polar surface area (TPSA) is 55.4 Å². The van der Waals surface area contributed by atoms with E-state index in [-0.39, 0.29) is 17.6 Å². The standard InChI is InChI=1S/C14H18F3NO3S/c1-2-11(10-7-8-18-9-10)12-5-3-4-6-13(12)21-22(19,20)14(15,16)17/h3-6,10-11,18H,2,7-9H2,1H3. The molecule has 1 saturated heterocycles. The minimum atomic E-state index is -5.65. The van der Waals surface area contributed by atoms with Crippen molar-refractivity contribution in [1.82, 2.24) is 5.32 Å². The third-order valence-electron chi connectivity index (χ3n) is 3.91. The monoisotopic (exact) mass is 337 g/mol. The van der Waals surface area contributed by atoms with E-state index >= 15 is 0 Å². The van der Waals surface area contributed by atoms with Crippen molar-refractivity contribution < 1.29 is 25.8 Å². The first-order chi connectivity index (χ1) is 10.3. The zero-order valence-electron chi connectivity index (χ0n) is 12.1. The predicted molar refractivity (Wildman–Crippen MR) is 76.1 cm³/mol. The fourth-order valence-electron chi connectivity index (χ4n) is 2.86. The Bertz CT molecular complexity index is 610. The number of nitrogens with one attached hydrogen (secondary N) is 1. The van der Waals surface area contributed by atoms with E-state index in [0.29, 0.717) is 12.0 Å². The number of rotatable bonds is 5. The Labute approximate surface area is 127 Å². The summed E-state index contributed by atoms with van der Waals surface area (Å²) in [5.74, 6) is -0.0310. The van der Waals surface area contributed by atoms with E-state index in [2.05, 4.69) is 9.50 Å². The lowest BCUT2D eigenvalue weighted by atomic mass is 9.83. The van der Waals surface area contributed by atoms with Crippen LogP contribution in [0.2, 0.25) is 0 Å². The van der Waals surface area contributed by atoms with Crippen LogP contribution in [0.3, 0.4) is 0 Å². The van der Waals surface area contributed by atoms with Crippen LogP contribution in [0, 0.1) is 5.92 Å². The van der Waals surface area contributed by atoms with Crippen LogP contribution < -0.4 is 9.50 Å². The maximum atomic E-state index is 12.5. The van der Waals surface area contributed by atoms with E-state index in [4.69, 9.17) is 0 Å². The Morgan fingerprint density at radius 2 is 2.05 bits per heavy atom. The van der Waals surface area contributed by atoms with Crippen LogP contribution in [0.1, 0.15) is 31.2 Å². The average Bonchev–Trinajstić information content (AvgIpc) is 2.94. The summed E-state index contributed by atoms with van der Waals surface area (Å²) in [6.07, 6.45) is 1.59. The Hall–Kier alpha value is -1.28. The Balaban J connectivity index is 2.34. The van der Waals surface area contributed by atoms with E-state index in [1.807, 2.05) is 6.92 Å². The number of halogens is 3. The van der Waals surface area contributed by atoms with Crippen LogP contribution in [0.25, 0.3) is 0 Å². The van der Waals surface area contributed by atoms with Gasteiger partial charge >= 0.3 is 15.6 Å². The molecule has 2 atom stereocenters.